The maximum absolute atomic E-state index is 5.96. The molecule has 0 saturated carbocycles. The Bertz CT molecular complexity index is 651. The Balaban J connectivity index is 2.57. The largest absolute Gasteiger partial charge is 0.355 e. The molecule has 3 nitrogen and oxygen atoms in total. The van der Waals surface area contributed by atoms with Gasteiger partial charge in [-0.3, -0.25) is 0 Å². The van der Waals surface area contributed by atoms with Crippen molar-refractivity contribution in [2.45, 2.75) is 0 Å². The lowest BCUT2D eigenvalue weighted by atomic mass is 10.3. The molecule has 0 spiro atoms. The molecule has 3 rings (SSSR count). The molecule has 0 atom stereocenters. The molecule has 72 valence electrons. The van der Waals surface area contributed by atoms with Crippen LogP contribution in [0, 0.1) is 0 Å². The van der Waals surface area contributed by atoms with Gasteiger partial charge in [0.1, 0.15) is 0 Å². The molecular weight excluding hydrogens is 210 g/mol. The minimum Gasteiger partial charge on any atom is -0.192 e. The Kier molecular flexibility index (Phi) is 1.79. The SMILES string of the molecule is Clc1ccc2nnc3cccc[n+]3c2c1. The van der Waals surface area contributed by atoms with Crippen LogP contribution in [0.5, 0.6) is 0 Å². The molecule has 0 saturated heterocycles. The maximum Gasteiger partial charge on any atom is 0.355 e. The Morgan fingerprint density at radius 1 is 1.07 bits per heavy atom. The highest BCUT2D eigenvalue weighted by Crippen LogP contribution is 2.14. The average molecular weight is 217 g/mol. The molecule has 0 radical (unpaired) electrons. The van der Waals surface area contributed by atoms with Crippen molar-refractivity contribution in [1.82, 2.24) is 10.2 Å². The summed E-state index contributed by atoms with van der Waals surface area (Å²) in [5.41, 5.74) is 2.61. The minimum atomic E-state index is 0.702. The van der Waals surface area contributed by atoms with Gasteiger partial charge in [-0.05, 0) is 23.3 Å². The zero-order valence-electron chi connectivity index (χ0n) is 7.76. The summed E-state index contributed by atoms with van der Waals surface area (Å²) >= 11 is 5.96. The third kappa shape index (κ3) is 1.32. The Morgan fingerprint density at radius 2 is 2.00 bits per heavy atom. The van der Waals surface area contributed by atoms with Gasteiger partial charge in [-0.1, -0.05) is 17.7 Å². The van der Waals surface area contributed by atoms with Crippen molar-refractivity contribution in [3.63, 3.8) is 0 Å². The van der Waals surface area contributed by atoms with Gasteiger partial charge in [0.05, 0.1) is 11.3 Å². The van der Waals surface area contributed by atoms with E-state index in [1.54, 1.807) is 0 Å². The molecule has 0 aliphatic rings. The molecule has 2 heterocycles. The van der Waals surface area contributed by atoms with Crippen LogP contribution in [-0.2, 0) is 0 Å². The summed E-state index contributed by atoms with van der Waals surface area (Å²) in [6, 6.07) is 11.4. The highest BCUT2D eigenvalue weighted by molar-refractivity contribution is 6.31. The molecule has 2 aromatic heterocycles. The predicted molar refractivity (Wildman–Crippen MR) is 57.7 cm³/mol. The van der Waals surface area contributed by atoms with E-state index in [2.05, 4.69) is 10.2 Å². The quantitative estimate of drug-likeness (QED) is 0.425. The molecule has 3 aromatic rings. The molecule has 0 N–H and O–H groups in total. The zero-order valence-corrected chi connectivity index (χ0v) is 8.52. The first-order valence-corrected chi connectivity index (χ1v) is 4.95. The fourth-order valence-corrected chi connectivity index (χ4v) is 1.76. The van der Waals surface area contributed by atoms with E-state index in [0.717, 1.165) is 16.7 Å². The van der Waals surface area contributed by atoms with Gasteiger partial charge in [0.25, 0.3) is 0 Å². The summed E-state index contributed by atoms with van der Waals surface area (Å²) in [7, 11) is 0. The normalized spacial score (nSPS) is 11.0. The smallest absolute Gasteiger partial charge is 0.192 e. The third-order valence-electron chi connectivity index (χ3n) is 2.30. The second-order valence-corrected chi connectivity index (χ2v) is 3.70. The first-order valence-electron chi connectivity index (χ1n) is 4.57. The van der Waals surface area contributed by atoms with Gasteiger partial charge in [0, 0.05) is 17.2 Å². The first-order chi connectivity index (χ1) is 7.34. The van der Waals surface area contributed by atoms with E-state index in [-0.39, 0.29) is 0 Å². The fourth-order valence-electron chi connectivity index (χ4n) is 1.60. The molecule has 0 unspecified atom stereocenters. The summed E-state index contributed by atoms with van der Waals surface area (Å²) in [6.45, 7) is 0. The summed E-state index contributed by atoms with van der Waals surface area (Å²) in [4.78, 5) is 0. The summed E-state index contributed by atoms with van der Waals surface area (Å²) < 4.78 is 1.97. The summed E-state index contributed by atoms with van der Waals surface area (Å²) in [5.74, 6) is 0. The zero-order chi connectivity index (χ0) is 10.3. The molecule has 1 aromatic carbocycles. The van der Waals surface area contributed by atoms with Gasteiger partial charge < -0.3 is 0 Å². The number of hydrogen-bond acceptors (Lipinski definition) is 2. The van der Waals surface area contributed by atoms with Crippen molar-refractivity contribution in [2.24, 2.45) is 0 Å². The van der Waals surface area contributed by atoms with Crippen molar-refractivity contribution in [2.75, 3.05) is 0 Å². The highest BCUT2D eigenvalue weighted by Gasteiger charge is 2.09. The second kappa shape index (κ2) is 3.14. The molecule has 0 aliphatic heterocycles. The summed E-state index contributed by atoms with van der Waals surface area (Å²) in [5, 5.41) is 8.93. The number of halogens is 1. The van der Waals surface area contributed by atoms with Crippen LogP contribution in [0.25, 0.3) is 16.7 Å². The highest BCUT2D eigenvalue weighted by atomic mass is 35.5. The van der Waals surface area contributed by atoms with Gasteiger partial charge in [-0.25, -0.2) is 0 Å². The summed E-state index contributed by atoms with van der Waals surface area (Å²) in [6.07, 6.45) is 1.95. The van der Waals surface area contributed by atoms with E-state index in [1.807, 2.05) is 47.0 Å². The van der Waals surface area contributed by atoms with Gasteiger partial charge in [0.15, 0.2) is 11.0 Å². The Hall–Kier alpha value is -1.74. The molecule has 0 fully saturated rings. The molecular formula is C11H7ClN3+. The van der Waals surface area contributed by atoms with E-state index >= 15 is 0 Å². The average Bonchev–Trinajstić information content (AvgIpc) is 2.29. The van der Waals surface area contributed by atoms with Crippen LogP contribution in [0.1, 0.15) is 0 Å². The number of benzene rings is 1. The second-order valence-electron chi connectivity index (χ2n) is 3.26. The molecule has 0 aliphatic carbocycles. The van der Waals surface area contributed by atoms with E-state index < -0.39 is 0 Å². The van der Waals surface area contributed by atoms with Crippen molar-refractivity contribution < 1.29 is 4.40 Å². The van der Waals surface area contributed by atoms with Gasteiger partial charge in [-0.15, -0.1) is 0 Å². The topological polar surface area (TPSA) is 29.9 Å². The van der Waals surface area contributed by atoms with Gasteiger partial charge in [0.2, 0.25) is 0 Å². The van der Waals surface area contributed by atoms with Crippen molar-refractivity contribution in [1.29, 1.82) is 0 Å². The Labute approximate surface area is 91.0 Å². The number of aromatic nitrogens is 3. The fraction of sp³-hybridized carbons (Fsp3) is 0. The number of nitrogens with zero attached hydrogens (tertiary/aromatic N) is 3. The molecule has 0 bridgehead atoms. The van der Waals surface area contributed by atoms with Crippen LogP contribution in [0.4, 0.5) is 0 Å². The lowest BCUT2D eigenvalue weighted by molar-refractivity contribution is -0.485. The van der Waals surface area contributed by atoms with Crippen LogP contribution < -0.4 is 4.40 Å². The lowest BCUT2D eigenvalue weighted by Gasteiger charge is -1.95. The first kappa shape index (κ1) is 8.56. The molecule has 0 amide bonds. The Morgan fingerprint density at radius 3 is 2.93 bits per heavy atom. The van der Waals surface area contributed by atoms with Crippen molar-refractivity contribution in [3.05, 3.63) is 47.6 Å². The van der Waals surface area contributed by atoms with Crippen molar-refractivity contribution >= 4 is 28.3 Å². The van der Waals surface area contributed by atoms with Crippen LogP contribution in [0.15, 0.2) is 42.6 Å². The predicted octanol–water partition coefficient (Wildman–Crippen LogP) is 2.02. The van der Waals surface area contributed by atoms with E-state index in [4.69, 9.17) is 11.6 Å². The monoisotopic (exact) mass is 216 g/mol. The number of hydrogen-bond donors (Lipinski definition) is 0. The van der Waals surface area contributed by atoms with Crippen molar-refractivity contribution in [3.8, 4) is 0 Å². The van der Waals surface area contributed by atoms with E-state index in [1.165, 1.54) is 0 Å². The standard InChI is InChI=1S/C11H7ClN3/c12-8-4-5-9-10(7-8)15-6-2-1-3-11(15)14-13-9/h1-7H/q+1. The number of rotatable bonds is 0. The van der Waals surface area contributed by atoms with Crippen LogP contribution in [0.3, 0.4) is 0 Å². The third-order valence-corrected chi connectivity index (χ3v) is 2.53. The van der Waals surface area contributed by atoms with Gasteiger partial charge >= 0.3 is 5.65 Å². The number of pyridine rings is 1. The van der Waals surface area contributed by atoms with Gasteiger partial charge in [-0.2, -0.15) is 4.40 Å². The molecule has 4 heteroatoms. The van der Waals surface area contributed by atoms with Crippen LogP contribution >= 0.6 is 11.6 Å². The molecule has 15 heavy (non-hydrogen) atoms. The van der Waals surface area contributed by atoms with E-state index in [9.17, 15) is 0 Å². The maximum atomic E-state index is 5.96. The number of fused-ring (bicyclic) bond motifs is 3. The minimum absolute atomic E-state index is 0.702. The van der Waals surface area contributed by atoms with Crippen LogP contribution in [0.2, 0.25) is 5.02 Å². The lowest BCUT2D eigenvalue weighted by Crippen LogP contribution is -2.24. The van der Waals surface area contributed by atoms with Crippen LogP contribution in [-0.4, -0.2) is 10.2 Å². The van der Waals surface area contributed by atoms with E-state index in [0.29, 0.717) is 5.02 Å².